The van der Waals surface area contributed by atoms with Gasteiger partial charge in [-0.2, -0.15) is 0 Å². The van der Waals surface area contributed by atoms with Gasteiger partial charge in [-0.1, -0.05) is 12.7 Å². The fourth-order valence-electron chi connectivity index (χ4n) is 1.25. The number of benzene rings is 1. The zero-order valence-electron chi connectivity index (χ0n) is 6.95. The largest absolute Gasteiger partial charge is 0.454 e. The van der Waals surface area contributed by atoms with Gasteiger partial charge in [0.2, 0.25) is 6.79 Å². The lowest BCUT2D eigenvalue weighted by molar-refractivity contribution is 0.112. The van der Waals surface area contributed by atoms with Gasteiger partial charge in [0.1, 0.15) is 0 Å². The Labute approximate surface area is 75.6 Å². The first kappa shape index (κ1) is 7.86. The summed E-state index contributed by atoms with van der Waals surface area (Å²) in [7, 11) is 0. The molecule has 13 heavy (non-hydrogen) atoms. The van der Waals surface area contributed by atoms with Gasteiger partial charge in [-0.05, 0) is 17.7 Å². The van der Waals surface area contributed by atoms with E-state index in [1.807, 2.05) is 0 Å². The summed E-state index contributed by atoms with van der Waals surface area (Å²) < 4.78 is 10.3. The van der Waals surface area contributed by atoms with Gasteiger partial charge < -0.3 is 9.47 Å². The molecule has 0 atom stereocenters. The van der Waals surface area contributed by atoms with Gasteiger partial charge in [-0.15, -0.1) is 0 Å². The van der Waals surface area contributed by atoms with Crippen LogP contribution >= 0.6 is 0 Å². The summed E-state index contributed by atoms with van der Waals surface area (Å²) in [5.41, 5.74) is 1.33. The first-order valence-corrected chi connectivity index (χ1v) is 3.86. The first-order valence-electron chi connectivity index (χ1n) is 3.86. The molecule has 0 N–H and O–H groups in total. The Morgan fingerprint density at radius 1 is 1.23 bits per heavy atom. The minimum absolute atomic E-state index is 0.216. The molecule has 0 amide bonds. The maximum Gasteiger partial charge on any atom is 0.231 e. The molecule has 0 saturated carbocycles. The Kier molecular flexibility index (Phi) is 1.77. The molecule has 0 bridgehead atoms. The zero-order chi connectivity index (χ0) is 9.26. The van der Waals surface area contributed by atoms with Crippen molar-refractivity contribution < 1.29 is 14.3 Å². The summed E-state index contributed by atoms with van der Waals surface area (Å²) in [6, 6.07) is 3.41. The number of carbonyl (C=O) groups is 1. The predicted molar refractivity (Wildman–Crippen MR) is 48.0 cm³/mol. The van der Waals surface area contributed by atoms with E-state index in [9.17, 15) is 4.79 Å². The number of carbonyl (C=O) groups excluding carboxylic acids is 1. The van der Waals surface area contributed by atoms with Crippen molar-refractivity contribution in [2.75, 3.05) is 6.79 Å². The number of rotatable bonds is 2. The molecule has 0 saturated heterocycles. The highest BCUT2D eigenvalue weighted by Crippen LogP contribution is 2.34. The van der Waals surface area contributed by atoms with Crippen LogP contribution in [0.25, 0.3) is 6.08 Å². The van der Waals surface area contributed by atoms with E-state index in [1.54, 1.807) is 18.2 Å². The number of hydrogen-bond donors (Lipinski definition) is 0. The third kappa shape index (κ3) is 1.18. The number of hydrogen-bond acceptors (Lipinski definition) is 3. The van der Waals surface area contributed by atoms with Gasteiger partial charge in [0.15, 0.2) is 17.8 Å². The van der Waals surface area contributed by atoms with Crippen molar-refractivity contribution in [1.29, 1.82) is 0 Å². The molecule has 1 aromatic carbocycles. The van der Waals surface area contributed by atoms with Crippen LogP contribution in [0.15, 0.2) is 18.7 Å². The summed E-state index contributed by atoms with van der Waals surface area (Å²) in [4.78, 5) is 10.6. The summed E-state index contributed by atoms with van der Waals surface area (Å²) >= 11 is 0. The van der Waals surface area contributed by atoms with E-state index in [4.69, 9.17) is 9.47 Å². The van der Waals surface area contributed by atoms with E-state index in [0.29, 0.717) is 17.1 Å². The molecule has 0 unspecified atom stereocenters. The molecule has 66 valence electrons. The van der Waals surface area contributed by atoms with Crippen molar-refractivity contribution in [2.24, 2.45) is 0 Å². The van der Waals surface area contributed by atoms with Crippen LogP contribution in [-0.4, -0.2) is 13.1 Å². The molecule has 1 aliphatic rings. The van der Waals surface area contributed by atoms with Gasteiger partial charge in [0.25, 0.3) is 0 Å². The number of ether oxygens (including phenoxy) is 2. The summed E-state index contributed by atoms with van der Waals surface area (Å²) in [5.74, 6) is 1.29. The lowest BCUT2D eigenvalue weighted by Gasteiger charge is -2.00. The van der Waals surface area contributed by atoms with Crippen molar-refractivity contribution in [3.8, 4) is 11.5 Å². The maximum absolute atomic E-state index is 10.6. The van der Waals surface area contributed by atoms with Crippen LogP contribution in [0, 0.1) is 0 Å². The van der Waals surface area contributed by atoms with E-state index >= 15 is 0 Å². The Morgan fingerprint density at radius 3 is 2.38 bits per heavy atom. The van der Waals surface area contributed by atoms with Crippen molar-refractivity contribution >= 4 is 12.4 Å². The highest BCUT2D eigenvalue weighted by Gasteiger charge is 2.15. The highest BCUT2D eigenvalue weighted by molar-refractivity contribution is 5.83. The van der Waals surface area contributed by atoms with Crippen molar-refractivity contribution in [2.45, 2.75) is 0 Å². The average molecular weight is 176 g/mol. The smallest absolute Gasteiger partial charge is 0.231 e. The molecule has 0 aromatic heterocycles. The monoisotopic (exact) mass is 176 g/mol. The third-order valence-corrected chi connectivity index (χ3v) is 1.93. The Hall–Kier alpha value is -1.77. The van der Waals surface area contributed by atoms with Crippen LogP contribution in [-0.2, 0) is 0 Å². The van der Waals surface area contributed by atoms with Crippen LogP contribution in [0.1, 0.15) is 15.9 Å². The van der Waals surface area contributed by atoms with Gasteiger partial charge >= 0.3 is 0 Å². The molecule has 3 heteroatoms. The van der Waals surface area contributed by atoms with E-state index in [0.717, 1.165) is 11.8 Å². The normalized spacial score (nSPS) is 12.6. The molecule has 0 fully saturated rings. The van der Waals surface area contributed by atoms with E-state index in [2.05, 4.69) is 6.58 Å². The van der Waals surface area contributed by atoms with Crippen molar-refractivity contribution in [3.63, 3.8) is 0 Å². The molecule has 0 radical (unpaired) electrons. The summed E-state index contributed by atoms with van der Waals surface area (Å²) in [6.07, 6.45) is 2.39. The number of fused-ring (bicyclic) bond motifs is 1. The fourth-order valence-corrected chi connectivity index (χ4v) is 1.25. The minimum atomic E-state index is 0.216. The Morgan fingerprint density at radius 2 is 1.85 bits per heavy atom. The van der Waals surface area contributed by atoms with Crippen LogP contribution in [0.3, 0.4) is 0 Å². The number of aldehydes is 1. The molecule has 2 rings (SSSR count). The average Bonchev–Trinajstić information content (AvgIpc) is 2.62. The SMILES string of the molecule is C=Cc1cc2c(cc1C=O)OCO2. The quantitative estimate of drug-likeness (QED) is 0.645. The molecule has 3 nitrogen and oxygen atoms in total. The van der Waals surface area contributed by atoms with Crippen LogP contribution in [0.4, 0.5) is 0 Å². The molecule has 0 spiro atoms. The predicted octanol–water partition coefficient (Wildman–Crippen LogP) is 1.87. The maximum atomic E-state index is 10.6. The molecule has 1 heterocycles. The lowest BCUT2D eigenvalue weighted by atomic mass is 10.1. The fraction of sp³-hybridized carbons (Fsp3) is 0.100. The summed E-state index contributed by atoms with van der Waals surface area (Å²) in [6.45, 7) is 3.83. The first-order chi connectivity index (χ1) is 6.35. The van der Waals surface area contributed by atoms with Gasteiger partial charge in [0.05, 0.1) is 0 Å². The van der Waals surface area contributed by atoms with Gasteiger partial charge in [-0.3, -0.25) is 4.79 Å². The van der Waals surface area contributed by atoms with Gasteiger partial charge in [-0.25, -0.2) is 0 Å². The van der Waals surface area contributed by atoms with E-state index in [-0.39, 0.29) is 6.79 Å². The third-order valence-electron chi connectivity index (χ3n) is 1.93. The standard InChI is InChI=1S/C10H8O3/c1-2-7-3-9-10(13-6-12-9)4-8(7)5-11/h2-5H,1,6H2. The molecular weight excluding hydrogens is 168 g/mol. The van der Waals surface area contributed by atoms with Crippen molar-refractivity contribution in [3.05, 3.63) is 29.8 Å². The van der Waals surface area contributed by atoms with E-state index < -0.39 is 0 Å². The zero-order valence-corrected chi connectivity index (χ0v) is 6.95. The van der Waals surface area contributed by atoms with Crippen LogP contribution in [0.5, 0.6) is 11.5 Å². The topological polar surface area (TPSA) is 35.5 Å². The molecule has 0 aliphatic carbocycles. The lowest BCUT2D eigenvalue weighted by Crippen LogP contribution is -1.92. The Bertz CT molecular complexity index is 334. The molecule has 1 aromatic rings. The highest BCUT2D eigenvalue weighted by atomic mass is 16.7. The second-order valence-corrected chi connectivity index (χ2v) is 2.66. The second-order valence-electron chi connectivity index (χ2n) is 2.66. The minimum Gasteiger partial charge on any atom is -0.454 e. The molecular formula is C10H8O3. The van der Waals surface area contributed by atoms with Crippen LogP contribution in [0.2, 0.25) is 0 Å². The summed E-state index contributed by atoms with van der Waals surface area (Å²) in [5, 5.41) is 0. The van der Waals surface area contributed by atoms with Gasteiger partial charge in [0, 0.05) is 5.56 Å². The molecule has 1 aliphatic heterocycles. The van der Waals surface area contributed by atoms with E-state index in [1.165, 1.54) is 0 Å². The Balaban J connectivity index is 2.59. The second kappa shape index (κ2) is 2.94. The van der Waals surface area contributed by atoms with Crippen LogP contribution < -0.4 is 9.47 Å². The van der Waals surface area contributed by atoms with Crippen molar-refractivity contribution in [1.82, 2.24) is 0 Å².